The molecular weight excluding hydrogens is 269 g/mol. The van der Waals surface area contributed by atoms with Crippen molar-refractivity contribution >= 4 is 11.8 Å². The molecule has 2 atom stereocenters. The van der Waals surface area contributed by atoms with E-state index in [1.54, 1.807) is 12.1 Å². The summed E-state index contributed by atoms with van der Waals surface area (Å²) in [5.41, 5.74) is 0.210. The van der Waals surface area contributed by atoms with Crippen LogP contribution in [0.4, 0.5) is 4.39 Å². The fraction of sp³-hybridized carbons (Fsp3) is 0.529. The molecule has 3 nitrogen and oxygen atoms in total. The number of hydrogen-bond acceptors (Lipinski definition) is 2. The number of halogens is 1. The smallest absolute Gasteiger partial charge is 0.234 e. The van der Waals surface area contributed by atoms with Gasteiger partial charge in [0.05, 0.1) is 5.92 Å². The van der Waals surface area contributed by atoms with Crippen LogP contribution in [0.1, 0.15) is 57.4 Å². The highest BCUT2D eigenvalue weighted by molar-refractivity contribution is 6.02. The van der Waals surface area contributed by atoms with Crippen molar-refractivity contribution in [3.8, 4) is 0 Å². The lowest BCUT2D eigenvalue weighted by molar-refractivity contribution is -0.139. The molecule has 1 aliphatic heterocycles. The second-order valence-corrected chi connectivity index (χ2v) is 6.19. The number of amides is 2. The molecule has 1 saturated heterocycles. The Balaban J connectivity index is 2.32. The fourth-order valence-corrected chi connectivity index (χ4v) is 3.29. The molecule has 2 unspecified atom stereocenters. The van der Waals surface area contributed by atoms with Gasteiger partial charge in [0.15, 0.2) is 0 Å². The number of benzene rings is 1. The molecule has 0 aliphatic carbocycles. The predicted molar refractivity (Wildman–Crippen MR) is 79.2 cm³/mol. The summed E-state index contributed by atoms with van der Waals surface area (Å²) in [7, 11) is 0. The van der Waals surface area contributed by atoms with Gasteiger partial charge in [-0.15, -0.1) is 0 Å². The van der Waals surface area contributed by atoms with Gasteiger partial charge in [-0.05, 0) is 29.5 Å². The van der Waals surface area contributed by atoms with Crippen LogP contribution in [0.15, 0.2) is 24.3 Å². The van der Waals surface area contributed by atoms with E-state index in [9.17, 15) is 14.0 Å². The highest BCUT2D eigenvalue weighted by Crippen LogP contribution is 2.45. The predicted octanol–water partition coefficient (Wildman–Crippen LogP) is 3.54. The molecule has 2 amide bonds. The normalized spacial score (nSPS) is 25.8. The van der Waals surface area contributed by atoms with E-state index in [1.807, 2.05) is 6.92 Å². The van der Waals surface area contributed by atoms with Gasteiger partial charge in [-0.3, -0.25) is 14.9 Å². The summed E-state index contributed by atoms with van der Waals surface area (Å²) in [4.78, 5) is 24.1. The van der Waals surface area contributed by atoms with Crippen molar-refractivity contribution in [2.24, 2.45) is 5.41 Å². The topological polar surface area (TPSA) is 46.2 Å². The van der Waals surface area contributed by atoms with Gasteiger partial charge in [0.1, 0.15) is 5.82 Å². The van der Waals surface area contributed by atoms with Crippen LogP contribution in [0, 0.1) is 11.2 Å². The van der Waals surface area contributed by atoms with Crippen molar-refractivity contribution in [3.63, 3.8) is 0 Å². The molecule has 21 heavy (non-hydrogen) atoms. The molecule has 0 spiro atoms. The molecule has 1 fully saturated rings. The van der Waals surface area contributed by atoms with Gasteiger partial charge in [0, 0.05) is 6.42 Å². The molecule has 1 N–H and O–H groups in total. The zero-order valence-corrected chi connectivity index (χ0v) is 12.6. The lowest BCUT2D eigenvalue weighted by Gasteiger charge is -2.40. The Kier molecular flexibility index (Phi) is 4.76. The number of nitrogens with one attached hydrogen (secondary N) is 1. The van der Waals surface area contributed by atoms with Crippen molar-refractivity contribution in [1.29, 1.82) is 0 Å². The molecule has 1 aromatic rings. The van der Waals surface area contributed by atoms with E-state index < -0.39 is 11.3 Å². The lowest BCUT2D eigenvalue weighted by Crippen LogP contribution is -2.49. The van der Waals surface area contributed by atoms with Gasteiger partial charge in [0.2, 0.25) is 11.8 Å². The Labute approximate surface area is 124 Å². The maximum absolute atomic E-state index is 13.5. The first-order valence-electron chi connectivity index (χ1n) is 7.55. The van der Waals surface area contributed by atoms with Gasteiger partial charge in [-0.25, -0.2) is 4.39 Å². The van der Waals surface area contributed by atoms with Crippen LogP contribution in [0.5, 0.6) is 0 Å². The van der Waals surface area contributed by atoms with E-state index in [2.05, 4.69) is 12.2 Å². The van der Waals surface area contributed by atoms with E-state index in [0.717, 1.165) is 25.7 Å². The zero-order chi connectivity index (χ0) is 15.5. The average molecular weight is 291 g/mol. The molecular formula is C17H22FNO2. The maximum atomic E-state index is 13.5. The van der Waals surface area contributed by atoms with E-state index >= 15 is 0 Å². The minimum absolute atomic E-state index is 0.230. The Bertz CT molecular complexity index is 543. The van der Waals surface area contributed by atoms with Crippen molar-refractivity contribution in [1.82, 2.24) is 5.32 Å². The van der Waals surface area contributed by atoms with E-state index in [-0.39, 0.29) is 17.6 Å². The lowest BCUT2D eigenvalue weighted by atomic mass is 9.66. The van der Waals surface area contributed by atoms with Crippen LogP contribution >= 0.6 is 0 Å². The molecule has 1 heterocycles. The van der Waals surface area contributed by atoms with Crippen LogP contribution in [0.2, 0.25) is 0 Å². The van der Waals surface area contributed by atoms with Crippen molar-refractivity contribution < 1.29 is 14.0 Å². The second-order valence-electron chi connectivity index (χ2n) is 6.19. The van der Waals surface area contributed by atoms with Crippen LogP contribution in [0.3, 0.4) is 0 Å². The van der Waals surface area contributed by atoms with Gasteiger partial charge < -0.3 is 0 Å². The van der Waals surface area contributed by atoms with Gasteiger partial charge in [-0.1, -0.05) is 45.2 Å². The van der Waals surface area contributed by atoms with Crippen molar-refractivity contribution in [2.75, 3.05) is 0 Å². The highest BCUT2D eigenvalue weighted by atomic mass is 19.1. The Morgan fingerprint density at radius 2 is 2.10 bits per heavy atom. The fourth-order valence-electron chi connectivity index (χ4n) is 3.29. The summed E-state index contributed by atoms with van der Waals surface area (Å²) < 4.78 is 13.5. The summed E-state index contributed by atoms with van der Waals surface area (Å²) in [5, 5.41) is 2.39. The first-order valence-corrected chi connectivity index (χ1v) is 7.55. The van der Waals surface area contributed by atoms with Crippen LogP contribution in [0.25, 0.3) is 0 Å². The molecule has 0 radical (unpaired) electrons. The summed E-state index contributed by atoms with van der Waals surface area (Å²) in [5.74, 6) is -1.36. The quantitative estimate of drug-likeness (QED) is 0.666. The molecule has 114 valence electrons. The number of unbranched alkanes of at least 4 members (excludes halogenated alkanes) is 2. The highest BCUT2D eigenvalue weighted by Gasteiger charge is 2.45. The molecule has 2 rings (SSSR count). The van der Waals surface area contributed by atoms with Crippen LogP contribution < -0.4 is 5.32 Å². The molecule has 1 aromatic carbocycles. The van der Waals surface area contributed by atoms with E-state index in [0.29, 0.717) is 12.0 Å². The standard InChI is InChI=1S/C17H22FNO2/c1-3-4-5-9-17(2)11-14(20)19-16(21)15(17)12-7-6-8-13(18)10-12/h6-8,10,15H,3-5,9,11H2,1-2H3,(H,19,20,21). The van der Waals surface area contributed by atoms with Gasteiger partial charge >= 0.3 is 0 Å². The van der Waals surface area contributed by atoms with Crippen molar-refractivity contribution in [2.45, 2.75) is 51.9 Å². The number of imide groups is 1. The SMILES string of the molecule is CCCCCC1(C)CC(=O)NC(=O)C1c1cccc(F)c1. The molecule has 4 heteroatoms. The summed E-state index contributed by atoms with van der Waals surface area (Å²) in [6.45, 7) is 4.08. The van der Waals surface area contributed by atoms with Crippen LogP contribution in [-0.2, 0) is 9.59 Å². The van der Waals surface area contributed by atoms with Crippen LogP contribution in [-0.4, -0.2) is 11.8 Å². The molecule has 0 bridgehead atoms. The van der Waals surface area contributed by atoms with Crippen molar-refractivity contribution in [3.05, 3.63) is 35.6 Å². The molecule has 0 saturated carbocycles. The van der Waals surface area contributed by atoms with E-state index in [1.165, 1.54) is 12.1 Å². The zero-order valence-electron chi connectivity index (χ0n) is 12.6. The number of piperidine rings is 1. The monoisotopic (exact) mass is 291 g/mol. The third-order valence-corrected chi connectivity index (χ3v) is 4.32. The van der Waals surface area contributed by atoms with Gasteiger partial charge in [-0.2, -0.15) is 0 Å². The first-order chi connectivity index (χ1) is 9.96. The Hall–Kier alpha value is -1.71. The average Bonchev–Trinajstić information content (AvgIpc) is 2.37. The third kappa shape index (κ3) is 3.49. The summed E-state index contributed by atoms with van der Waals surface area (Å²) in [6, 6.07) is 6.14. The minimum Gasteiger partial charge on any atom is -0.296 e. The Morgan fingerprint density at radius 3 is 2.76 bits per heavy atom. The molecule has 0 aromatic heterocycles. The van der Waals surface area contributed by atoms with E-state index in [4.69, 9.17) is 0 Å². The minimum atomic E-state index is -0.470. The summed E-state index contributed by atoms with van der Waals surface area (Å²) >= 11 is 0. The number of carbonyl (C=O) groups excluding carboxylic acids is 2. The number of carbonyl (C=O) groups is 2. The summed E-state index contributed by atoms with van der Waals surface area (Å²) in [6.07, 6.45) is 4.23. The second kappa shape index (κ2) is 6.37. The Morgan fingerprint density at radius 1 is 1.33 bits per heavy atom. The van der Waals surface area contributed by atoms with Gasteiger partial charge in [0.25, 0.3) is 0 Å². The largest absolute Gasteiger partial charge is 0.296 e. The third-order valence-electron chi connectivity index (χ3n) is 4.32. The molecule has 1 aliphatic rings. The maximum Gasteiger partial charge on any atom is 0.234 e. The number of rotatable bonds is 5. The number of hydrogen-bond donors (Lipinski definition) is 1. The first kappa shape index (κ1) is 15.7.